The van der Waals surface area contributed by atoms with E-state index in [9.17, 15) is 0 Å². The van der Waals surface area contributed by atoms with Crippen molar-refractivity contribution < 1.29 is 9.47 Å². The van der Waals surface area contributed by atoms with Gasteiger partial charge in [0.25, 0.3) is 0 Å². The van der Waals surface area contributed by atoms with Crippen molar-refractivity contribution in [3.63, 3.8) is 0 Å². The molecule has 118 valence electrons. The van der Waals surface area contributed by atoms with Crippen molar-refractivity contribution in [1.29, 1.82) is 0 Å². The van der Waals surface area contributed by atoms with Gasteiger partial charge < -0.3 is 9.47 Å². The van der Waals surface area contributed by atoms with E-state index in [1.54, 1.807) is 0 Å². The third-order valence-corrected chi connectivity index (χ3v) is 3.61. The first-order chi connectivity index (χ1) is 11.6. The van der Waals surface area contributed by atoms with Gasteiger partial charge in [-0.05, 0) is 50.2 Å². The molecule has 0 saturated heterocycles. The van der Waals surface area contributed by atoms with Crippen LogP contribution in [0.3, 0.4) is 0 Å². The Bertz CT molecular complexity index is 869. The number of aryl methyl sites for hydroxylation is 2. The van der Waals surface area contributed by atoms with Gasteiger partial charge in [-0.2, -0.15) is 0 Å². The molecule has 0 heterocycles. The van der Waals surface area contributed by atoms with Crippen LogP contribution in [-0.4, -0.2) is 0 Å². The molecule has 0 atom stereocenters. The first-order valence-electron chi connectivity index (χ1n) is 7.74. The quantitative estimate of drug-likeness (QED) is 0.561. The van der Waals surface area contributed by atoms with Gasteiger partial charge in [0.1, 0.15) is 23.0 Å². The fourth-order valence-electron chi connectivity index (χ4n) is 2.25. The summed E-state index contributed by atoms with van der Waals surface area (Å²) in [7, 11) is 0. The molecule has 0 N–H and O–H groups in total. The minimum absolute atomic E-state index is 0.603. The smallest absolute Gasteiger partial charge is 0.146 e. The van der Waals surface area contributed by atoms with Crippen LogP contribution in [0, 0.1) is 26.2 Å². The van der Waals surface area contributed by atoms with Crippen LogP contribution >= 0.6 is 0 Å². The lowest BCUT2D eigenvalue weighted by Gasteiger charge is -2.11. The van der Waals surface area contributed by atoms with E-state index < -0.39 is 0 Å². The number of hydrogen-bond acceptors (Lipinski definition) is 2. The van der Waals surface area contributed by atoms with Gasteiger partial charge in [-0.25, -0.2) is 0 Å². The Hall–Kier alpha value is -3.18. The minimum atomic E-state index is 0.603. The van der Waals surface area contributed by atoms with Gasteiger partial charge in [0, 0.05) is 6.07 Å². The molecule has 0 saturated carbocycles. The fourth-order valence-corrected chi connectivity index (χ4v) is 2.25. The highest BCUT2D eigenvalue weighted by Crippen LogP contribution is 2.31. The summed E-state index contributed by atoms with van der Waals surface area (Å²) in [6.07, 6.45) is 5.58. The van der Waals surface area contributed by atoms with Crippen molar-refractivity contribution in [1.82, 2.24) is 0 Å². The average Bonchev–Trinajstić information content (AvgIpc) is 2.59. The Morgan fingerprint density at radius 3 is 1.71 bits per heavy atom. The van der Waals surface area contributed by atoms with Gasteiger partial charge >= 0.3 is 0 Å². The lowest BCUT2D eigenvalue weighted by atomic mass is 10.2. The van der Waals surface area contributed by atoms with E-state index in [1.165, 1.54) is 11.1 Å². The molecule has 3 aromatic carbocycles. The molecule has 3 rings (SSSR count). The number of benzene rings is 3. The summed E-state index contributed by atoms with van der Waals surface area (Å²) in [6.45, 7) is 4.08. The zero-order valence-electron chi connectivity index (χ0n) is 13.7. The van der Waals surface area contributed by atoms with Crippen LogP contribution in [0.5, 0.6) is 23.0 Å². The van der Waals surface area contributed by atoms with Crippen molar-refractivity contribution in [2.45, 2.75) is 13.8 Å². The predicted molar refractivity (Wildman–Crippen MR) is 96.9 cm³/mol. The number of terminal acetylenes is 1. The van der Waals surface area contributed by atoms with Crippen LogP contribution in [0.25, 0.3) is 0 Å². The summed E-state index contributed by atoms with van der Waals surface area (Å²) in [4.78, 5) is 0. The molecule has 0 aliphatic heterocycles. The predicted octanol–water partition coefficient (Wildman–Crippen LogP) is 5.87. The highest BCUT2D eigenvalue weighted by Gasteiger charge is 2.07. The van der Waals surface area contributed by atoms with Crippen LogP contribution in [0.2, 0.25) is 0 Å². The molecule has 0 aliphatic rings. The van der Waals surface area contributed by atoms with Crippen molar-refractivity contribution in [3.8, 4) is 35.3 Å². The lowest BCUT2D eigenvalue weighted by molar-refractivity contribution is 0.459. The van der Waals surface area contributed by atoms with E-state index in [2.05, 4.69) is 5.92 Å². The summed E-state index contributed by atoms with van der Waals surface area (Å²) < 4.78 is 11.8. The molecule has 0 bridgehead atoms. The summed E-state index contributed by atoms with van der Waals surface area (Å²) in [5.74, 6) is 5.44. The van der Waals surface area contributed by atoms with E-state index in [4.69, 9.17) is 15.9 Å². The summed E-state index contributed by atoms with van der Waals surface area (Å²) >= 11 is 0. The summed E-state index contributed by atoms with van der Waals surface area (Å²) in [5.41, 5.74) is 3.05. The number of rotatable bonds is 4. The maximum Gasteiger partial charge on any atom is 0.146 e. The van der Waals surface area contributed by atoms with Gasteiger partial charge in [-0.15, -0.1) is 6.42 Å². The third-order valence-electron chi connectivity index (χ3n) is 3.61. The van der Waals surface area contributed by atoms with E-state index in [0.29, 0.717) is 17.1 Å². The van der Waals surface area contributed by atoms with Gasteiger partial charge in [0.15, 0.2) is 0 Å². The summed E-state index contributed by atoms with van der Waals surface area (Å²) in [5, 5.41) is 0. The topological polar surface area (TPSA) is 18.5 Å². The average molecular weight is 314 g/mol. The van der Waals surface area contributed by atoms with E-state index in [1.807, 2.05) is 80.6 Å². The van der Waals surface area contributed by atoms with Crippen molar-refractivity contribution in [2.24, 2.45) is 0 Å². The second-order valence-electron chi connectivity index (χ2n) is 5.63. The second-order valence-corrected chi connectivity index (χ2v) is 5.63. The Balaban J connectivity index is 1.86. The van der Waals surface area contributed by atoms with Gasteiger partial charge in [0.05, 0.1) is 5.56 Å². The van der Waals surface area contributed by atoms with Gasteiger partial charge in [-0.3, -0.25) is 0 Å². The molecule has 0 aliphatic carbocycles. The monoisotopic (exact) mass is 314 g/mol. The Kier molecular flexibility index (Phi) is 4.54. The van der Waals surface area contributed by atoms with E-state index in [-0.39, 0.29) is 0 Å². The third kappa shape index (κ3) is 3.77. The van der Waals surface area contributed by atoms with Crippen LogP contribution in [0.4, 0.5) is 0 Å². The zero-order valence-corrected chi connectivity index (χ0v) is 13.7. The Morgan fingerprint density at radius 2 is 1.17 bits per heavy atom. The molecule has 3 aromatic rings. The SMILES string of the molecule is C#Cc1ccc(Oc2ccc(C)cc2)cc1Oc1ccc(C)cc1. The van der Waals surface area contributed by atoms with Crippen LogP contribution < -0.4 is 9.47 Å². The molecule has 0 aromatic heterocycles. The van der Waals surface area contributed by atoms with E-state index in [0.717, 1.165) is 11.5 Å². The molecule has 2 nitrogen and oxygen atoms in total. The Morgan fingerprint density at radius 1 is 0.667 bits per heavy atom. The van der Waals surface area contributed by atoms with Crippen LogP contribution in [0.15, 0.2) is 66.7 Å². The van der Waals surface area contributed by atoms with Crippen molar-refractivity contribution >= 4 is 0 Å². The molecular weight excluding hydrogens is 296 g/mol. The van der Waals surface area contributed by atoms with Gasteiger partial charge in [-0.1, -0.05) is 41.3 Å². The maximum absolute atomic E-state index is 5.93. The normalized spacial score (nSPS) is 10.0. The molecule has 0 spiro atoms. The molecule has 24 heavy (non-hydrogen) atoms. The first-order valence-corrected chi connectivity index (χ1v) is 7.74. The van der Waals surface area contributed by atoms with Crippen LogP contribution in [0.1, 0.15) is 16.7 Å². The van der Waals surface area contributed by atoms with Crippen molar-refractivity contribution in [3.05, 3.63) is 83.4 Å². The second kappa shape index (κ2) is 6.93. The standard InChI is InChI=1S/C22H18O2/c1-4-18-9-14-21(23-19-10-5-16(2)6-11-19)15-22(18)24-20-12-7-17(3)8-13-20/h1,5-15H,2-3H3. The van der Waals surface area contributed by atoms with E-state index >= 15 is 0 Å². The molecular formula is C22H18O2. The zero-order chi connectivity index (χ0) is 16.9. The number of hydrogen-bond donors (Lipinski definition) is 0. The number of ether oxygens (including phenoxy) is 2. The van der Waals surface area contributed by atoms with Gasteiger partial charge in [0.2, 0.25) is 0 Å². The largest absolute Gasteiger partial charge is 0.457 e. The molecule has 0 radical (unpaired) electrons. The molecule has 0 amide bonds. The van der Waals surface area contributed by atoms with Crippen LogP contribution in [-0.2, 0) is 0 Å². The Labute approximate surface area is 142 Å². The minimum Gasteiger partial charge on any atom is -0.457 e. The highest BCUT2D eigenvalue weighted by molar-refractivity contribution is 5.51. The van der Waals surface area contributed by atoms with Crippen molar-refractivity contribution in [2.75, 3.05) is 0 Å². The highest BCUT2D eigenvalue weighted by atomic mass is 16.5. The molecule has 0 unspecified atom stereocenters. The lowest BCUT2D eigenvalue weighted by Crippen LogP contribution is -1.91. The first kappa shape index (κ1) is 15.7. The maximum atomic E-state index is 5.93. The summed E-state index contributed by atoms with van der Waals surface area (Å²) in [6, 6.07) is 21.2. The fraction of sp³-hybridized carbons (Fsp3) is 0.0909. The molecule has 2 heteroatoms. The molecule has 0 fully saturated rings.